The molecule has 1 atom stereocenters. The van der Waals surface area contributed by atoms with Crippen molar-refractivity contribution in [2.45, 2.75) is 33.2 Å². The number of amides is 2. The number of nitrogens with one attached hydrogen (secondary N) is 1. The number of piperidine rings is 1. The van der Waals surface area contributed by atoms with Gasteiger partial charge in [-0.2, -0.15) is 4.99 Å². The van der Waals surface area contributed by atoms with Crippen LogP contribution >= 0.6 is 0 Å². The van der Waals surface area contributed by atoms with Crippen LogP contribution in [0.3, 0.4) is 0 Å². The standard InChI is InChI=1S/C21H27N5O4/c1-13-9-16-17(10-14(13)2)26(19(23-12-27)18(24-16)20(28)22-3)8-7-25-6-4-5-15(11-25)21(29)30/h9-10,12,15H,4-8,11H2,1-3H3,(H,22,28)(H,29,30). The van der Waals surface area contributed by atoms with Gasteiger partial charge in [0.2, 0.25) is 6.41 Å². The Morgan fingerprint density at radius 1 is 1.30 bits per heavy atom. The Morgan fingerprint density at radius 2 is 2.03 bits per heavy atom. The number of benzene rings is 1. The van der Waals surface area contributed by atoms with Gasteiger partial charge in [-0.25, -0.2) is 4.98 Å². The van der Waals surface area contributed by atoms with Crippen molar-refractivity contribution in [1.82, 2.24) is 19.8 Å². The van der Waals surface area contributed by atoms with E-state index < -0.39 is 11.9 Å². The number of carboxylic acids is 1. The topological polar surface area (TPSA) is 117 Å². The minimum Gasteiger partial charge on any atom is -0.481 e. The molecule has 3 rings (SSSR count). The van der Waals surface area contributed by atoms with Crippen LogP contribution in [-0.2, 0) is 16.1 Å². The number of aryl methyl sites for hydroxylation is 2. The third-order valence-corrected chi connectivity index (χ3v) is 5.69. The maximum absolute atomic E-state index is 12.4. The van der Waals surface area contributed by atoms with Gasteiger partial charge in [0.25, 0.3) is 5.91 Å². The fourth-order valence-corrected chi connectivity index (χ4v) is 3.88. The molecule has 1 saturated heterocycles. The van der Waals surface area contributed by atoms with Crippen molar-refractivity contribution in [2.24, 2.45) is 10.9 Å². The van der Waals surface area contributed by atoms with E-state index in [4.69, 9.17) is 0 Å². The largest absolute Gasteiger partial charge is 0.481 e. The second-order valence-corrected chi connectivity index (χ2v) is 7.65. The van der Waals surface area contributed by atoms with Gasteiger partial charge in [0.05, 0.1) is 17.0 Å². The Bertz CT molecular complexity index is 1060. The lowest BCUT2D eigenvalue weighted by molar-refractivity contribution is -0.143. The summed E-state index contributed by atoms with van der Waals surface area (Å²) >= 11 is 0. The summed E-state index contributed by atoms with van der Waals surface area (Å²) in [5.41, 5.74) is 3.81. The zero-order valence-electron chi connectivity index (χ0n) is 17.5. The van der Waals surface area contributed by atoms with E-state index in [1.807, 2.05) is 30.5 Å². The van der Waals surface area contributed by atoms with Crippen molar-refractivity contribution < 1.29 is 19.5 Å². The molecule has 2 heterocycles. The van der Waals surface area contributed by atoms with Crippen molar-refractivity contribution in [3.05, 3.63) is 34.4 Å². The molecule has 9 heteroatoms. The zero-order chi connectivity index (χ0) is 21.8. The molecule has 1 aromatic carbocycles. The molecule has 2 N–H and O–H groups in total. The van der Waals surface area contributed by atoms with Gasteiger partial charge in [0.15, 0.2) is 11.2 Å². The lowest BCUT2D eigenvalue weighted by atomic mass is 9.98. The van der Waals surface area contributed by atoms with Crippen LogP contribution in [0, 0.1) is 19.8 Å². The number of nitrogens with zero attached hydrogens (tertiary/aromatic N) is 4. The first-order valence-electron chi connectivity index (χ1n) is 10.0. The van der Waals surface area contributed by atoms with Crippen LogP contribution < -0.4 is 10.8 Å². The van der Waals surface area contributed by atoms with Gasteiger partial charge in [-0.1, -0.05) is 0 Å². The molecular weight excluding hydrogens is 386 g/mol. The molecular formula is C21H27N5O4. The summed E-state index contributed by atoms with van der Waals surface area (Å²) in [5.74, 6) is -1.57. The summed E-state index contributed by atoms with van der Waals surface area (Å²) in [4.78, 5) is 45.6. The number of hydrogen-bond acceptors (Lipinski definition) is 5. The SMILES string of the molecule is CNC(=O)c1nc2cc(C)c(C)cc2n(CCN2CCCC(C(=O)O)C2)c1=NC=O. The van der Waals surface area contributed by atoms with E-state index in [0.717, 1.165) is 29.6 Å². The molecule has 2 amide bonds. The van der Waals surface area contributed by atoms with Crippen LogP contribution in [0.1, 0.15) is 34.5 Å². The number of rotatable bonds is 6. The number of carbonyl (C=O) groups excluding carboxylic acids is 2. The highest BCUT2D eigenvalue weighted by molar-refractivity contribution is 5.93. The fraction of sp³-hybridized carbons (Fsp3) is 0.476. The van der Waals surface area contributed by atoms with Crippen molar-refractivity contribution in [3.8, 4) is 0 Å². The molecule has 0 aliphatic carbocycles. The molecule has 1 unspecified atom stereocenters. The summed E-state index contributed by atoms with van der Waals surface area (Å²) < 4.78 is 1.83. The Labute approximate surface area is 174 Å². The van der Waals surface area contributed by atoms with Crippen molar-refractivity contribution in [1.29, 1.82) is 0 Å². The highest BCUT2D eigenvalue weighted by Crippen LogP contribution is 2.19. The van der Waals surface area contributed by atoms with Gasteiger partial charge in [0, 0.05) is 26.7 Å². The lowest BCUT2D eigenvalue weighted by Crippen LogP contribution is -2.42. The highest BCUT2D eigenvalue weighted by atomic mass is 16.4. The molecule has 30 heavy (non-hydrogen) atoms. The van der Waals surface area contributed by atoms with Crippen molar-refractivity contribution in [3.63, 3.8) is 0 Å². The Morgan fingerprint density at radius 3 is 2.70 bits per heavy atom. The Hall–Kier alpha value is -3.07. The van der Waals surface area contributed by atoms with Gasteiger partial charge in [0.1, 0.15) is 0 Å². The molecule has 0 saturated carbocycles. The number of likely N-dealkylation sites (tertiary alicyclic amines) is 1. The lowest BCUT2D eigenvalue weighted by Gasteiger charge is -2.31. The first-order chi connectivity index (χ1) is 14.3. The fourth-order valence-electron chi connectivity index (χ4n) is 3.88. The molecule has 0 bridgehead atoms. The minimum absolute atomic E-state index is 0.0856. The van der Waals surface area contributed by atoms with Crippen LogP contribution in [0.15, 0.2) is 17.1 Å². The molecule has 0 spiro atoms. The van der Waals surface area contributed by atoms with Crippen LogP contribution in [0.2, 0.25) is 0 Å². The van der Waals surface area contributed by atoms with E-state index in [-0.39, 0.29) is 17.1 Å². The number of fused-ring (bicyclic) bond motifs is 1. The van der Waals surface area contributed by atoms with Crippen LogP contribution in [-0.4, -0.2) is 64.5 Å². The average molecular weight is 413 g/mol. The summed E-state index contributed by atoms with van der Waals surface area (Å²) in [6.45, 7) is 6.29. The summed E-state index contributed by atoms with van der Waals surface area (Å²) in [5, 5.41) is 11.9. The van der Waals surface area contributed by atoms with Crippen molar-refractivity contribution >= 4 is 29.3 Å². The van der Waals surface area contributed by atoms with Crippen LogP contribution in [0.5, 0.6) is 0 Å². The van der Waals surface area contributed by atoms with Crippen molar-refractivity contribution in [2.75, 3.05) is 26.7 Å². The first-order valence-corrected chi connectivity index (χ1v) is 10.0. The molecule has 9 nitrogen and oxygen atoms in total. The van der Waals surface area contributed by atoms with E-state index in [2.05, 4.69) is 20.2 Å². The van der Waals surface area contributed by atoms with Gasteiger partial charge >= 0.3 is 5.97 Å². The maximum atomic E-state index is 12.4. The second-order valence-electron chi connectivity index (χ2n) is 7.65. The number of carboxylic acid groups (broad SMARTS) is 1. The monoisotopic (exact) mass is 413 g/mol. The molecule has 1 aromatic heterocycles. The molecule has 0 radical (unpaired) electrons. The van der Waals surface area contributed by atoms with Gasteiger partial charge < -0.3 is 19.9 Å². The number of carbonyl (C=O) groups is 3. The predicted molar refractivity (Wildman–Crippen MR) is 111 cm³/mol. The molecule has 1 aliphatic rings. The highest BCUT2D eigenvalue weighted by Gasteiger charge is 2.25. The molecule has 160 valence electrons. The first kappa shape index (κ1) is 21.6. The number of aromatic nitrogens is 2. The predicted octanol–water partition coefficient (Wildman–Crippen LogP) is 0.866. The van der Waals surface area contributed by atoms with E-state index in [9.17, 15) is 19.5 Å². The summed E-state index contributed by atoms with van der Waals surface area (Å²) in [6.07, 6.45) is 1.92. The number of hydrogen-bond donors (Lipinski definition) is 2. The minimum atomic E-state index is -0.772. The molecule has 1 fully saturated rings. The van der Waals surface area contributed by atoms with Gasteiger partial charge in [-0.05, 0) is 56.5 Å². The normalized spacial score (nSPS) is 17.8. The zero-order valence-corrected chi connectivity index (χ0v) is 17.5. The van der Waals surface area contributed by atoms with Crippen LogP contribution in [0.4, 0.5) is 0 Å². The average Bonchev–Trinajstić information content (AvgIpc) is 2.73. The second kappa shape index (κ2) is 9.17. The van der Waals surface area contributed by atoms with E-state index in [1.165, 1.54) is 7.05 Å². The summed E-state index contributed by atoms with van der Waals surface area (Å²) in [7, 11) is 1.50. The maximum Gasteiger partial charge on any atom is 0.307 e. The van der Waals surface area contributed by atoms with E-state index in [0.29, 0.717) is 38.0 Å². The van der Waals surface area contributed by atoms with E-state index in [1.54, 1.807) is 0 Å². The number of aliphatic carboxylic acids is 1. The molecule has 1 aliphatic heterocycles. The summed E-state index contributed by atoms with van der Waals surface area (Å²) in [6, 6.07) is 3.89. The smallest absolute Gasteiger partial charge is 0.307 e. The Kier molecular flexibility index (Phi) is 6.61. The van der Waals surface area contributed by atoms with Crippen LogP contribution in [0.25, 0.3) is 11.0 Å². The Balaban J connectivity index is 2.08. The third-order valence-electron chi connectivity index (χ3n) is 5.69. The third kappa shape index (κ3) is 4.40. The quantitative estimate of drug-likeness (QED) is 0.679. The molecule has 2 aromatic rings. The van der Waals surface area contributed by atoms with Gasteiger partial charge in [-0.3, -0.25) is 14.4 Å². The van der Waals surface area contributed by atoms with E-state index >= 15 is 0 Å². The van der Waals surface area contributed by atoms with Gasteiger partial charge in [-0.15, -0.1) is 0 Å².